The largest absolute Gasteiger partial charge is 0.451 e. The number of fused-ring (bicyclic) bond motifs is 1. The van der Waals surface area contributed by atoms with Crippen molar-refractivity contribution >= 4 is 11.4 Å². The van der Waals surface area contributed by atoms with Crippen molar-refractivity contribution in [3.63, 3.8) is 0 Å². The second kappa shape index (κ2) is 11.8. The average Bonchev–Trinajstić information content (AvgIpc) is 2.94. The van der Waals surface area contributed by atoms with E-state index in [1.54, 1.807) is 0 Å². The fourth-order valence-corrected chi connectivity index (χ4v) is 4.07. The van der Waals surface area contributed by atoms with Crippen LogP contribution < -0.4 is 9.47 Å². The van der Waals surface area contributed by atoms with E-state index in [-0.39, 0.29) is 47.5 Å². The van der Waals surface area contributed by atoms with E-state index in [1.807, 2.05) is 0 Å². The van der Waals surface area contributed by atoms with Gasteiger partial charge in [0.25, 0.3) is 0 Å². The van der Waals surface area contributed by atoms with Gasteiger partial charge in [-0.05, 0) is 36.4 Å². The van der Waals surface area contributed by atoms with Crippen molar-refractivity contribution in [2.75, 3.05) is 0 Å². The van der Waals surface area contributed by atoms with Crippen molar-refractivity contribution in [1.29, 1.82) is 10.5 Å². The fourth-order valence-electron chi connectivity index (χ4n) is 4.07. The first-order chi connectivity index (χ1) is 21.2. The number of benzene rings is 3. The van der Waals surface area contributed by atoms with Crippen LogP contribution in [0.5, 0.6) is 11.5 Å². The van der Waals surface area contributed by atoms with Crippen LogP contribution in [-0.4, -0.2) is 11.4 Å². The number of hydrogen-bond donors (Lipinski definition) is 0. The third-order valence-corrected chi connectivity index (χ3v) is 5.96. The highest BCUT2D eigenvalue weighted by Crippen LogP contribution is 2.42. The molecule has 0 unspecified atom stereocenters. The predicted molar refractivity (Wildman–Crippen MR) is 132 cm³/mol. The van der Waals surface area contributed by atoms with Gasteiger partial charge in [-0.2, -0.15) is 73.2 Å². The molecule has 0 saturated heterocycles. The van der Waals surface area contributed by atoms with Crippen LogP contribution in [0.1, 0.15) is 33.4 Å². The lowest BCUT2D eigenvalue weighted by atomic mass is 9.90. The Balaban J connectivity index is 2.07. The summed E-state index contributed by atoms with van der Waals surface area (Å²) in [6.07, 6.45) is -18.8. The van der Waals surface area contributed by atoms with Gasteiger partial charge >= 0.3 is 24.7 Å². The zero-order chi connectivity index (χ0) is 34.2. The Morgan fingerprint density at radius 3 is 1.00 bits per heavy atom. The number of nitrogens with zero attached hydrogens (tertiary/aromatic N) is 4. The summed E-state index contributed by atoms with van der Waals surface area (Å²) in [6, 6.07) is 4.90. The highest BCUT2D eigenvalue weighted by Gasteiger charge is 2.40. The number of halogens is 12. The van der Waals surface area contributed by atoms with Gasteiger partial charge in [-0.15, -0.1) is 0 Å². The van der Waals surface area contributed by atoms with Crippen LogP contribution >= 0.6 is 0 Å². The highest BCUT2D eigenvalue weighted by atomic mass is 19.4. The van der Waals surface area contributed by atoms with Gasteiger partial charge in [-0.25, -0.2) is 0 Å². The third kappa shape index (κ3) is 7.06. The van der Waals surface area contributed by atoms with Crippen molar-refractivity contribution in [2.24, 2.45) is 9.98 Å². The van der Waals surface area contributed by atoms with Gasteiger partial charge in [-0.1, -0.05) is 24.3 Å². The minimum absolute atomic E-state index is 0.0947. The van der Waals surface area contributed by atoms with E-state index >= 15 is 0 Å². The maximum Gasteiger partial charge on any atom is 0.416 e. The van der Waals surface area contributed by atoms with Gasteiger partial charge in [0.2, 0.25) is 12.4 Å². The minimum atomic E-state index is -5.37. The molecule has 3 aromatic rings. The Morgan fingerprint density at radius 1 is 0.478 bits per heavy atom. The van der Waals surface area contributed by atoms with Gasteiger partial charge in [0, 0.05) is 11.1 Å². The maximum absolute atomic E-state index is 13.5. The highest BCUT2D eigenvalue weighted by molar-refractivity contribution is 6.29. The van der Waals surface area contributed by atoms with Gasteiger partial charge in [0.1, 0.15) is 22.9 Å². The summed E-state index contributed by atoms with van der Waals surface area (Å²) in [5.74, 6) is -4.60. The molecule has 0 aliphatic heterocycles. The zero-order valence-electron chi connectivity index (χ0n) is 21.9. The van der Waals surface area contributed by atoms with Crippen molar-refractivity contribution < 1.29 is 62.2 Å². The summed E-state index contributed by atoms with van der Waals surface area (Å²) in [4.78, 5) is 6.92. The molecule has 1 aliphatic rings. The van der Waals surface area contributed by atoms with E-state index in [4.69, 9.17) is 9.47 Å². The van der Waals surface area contributed by atoms with Gasteiger partial charge in [-0.3, -0.25) is 0 Å². The minimum Gasteiger partial charge on any atom is -0.451 e. The van der Waals surface area contributed by atoms with Crippen LogP contribution in [0.15, 0.2) is 82.2 Å². The third-order valence-electron chi connectivity index (χ3n) is 5.96. The second-order valence-electron chi connectivity index (χ2n) is 9.01. The van der Waals surface area contributed by atoms with E-state index in [2.05, 4.69) is 9.98 Å². The summed E-state index contributed by atoms with van der Waals surface area (Å²) in [6.45, 7) is 0. The molecule has 0 amide bonds. The Hall–Kier alpha value is -5.52. The van der Waals surface area contributed by atoms with Gasteiger partial charge < -0.3 is 9.47 Å². The van der Waals surface area contributed by atoms with E-state index in [9.17, 15) is 63.2 Å². The molecule has 0 heterocycles. The number of alkyl halides is 12. The number of aliphatic imine (C=N–C) groups is 2. The molecule has 0 saturated carbocycles. The van der Waals surface area contributed by atoms with Crippen LogP contribution in [-0.2, 0) is 24.7 Å². The standard InChI is InChI=1S/C28H10F12N4O2/c29-25(30,31)13-5-14(26(32,33)34)8-17(7-13)45-23-21(43-11-41)19-3-1-2-4-20(19)22(44-12-42)24(23)46-18-9-15(27(35,36)37)6-16(10-18)28(38,39)40/h1-10H/b43-21-,44-22+. The molecule has 6 nitrogen and oxygen atoms in total. The first-order valence-electron chi connectivity index (χ1n) is 12.0. The predicted octanol–water partition coefficient (Wildman–Crippen LogP) is 8.69. The smallest absolute Gasteiger partial charge is 0.416 e. The SMILES string of the molecule is N#C/N=C1C(Oc2cc(C(F)(F)F)cc(C(F)(F)F)c2)=C(Oc2cc(C(F)(F)F)cc(C(F)(F)F)c2)/C(=N/C#N)c2ccccc2\1. The lowest BCUT2D eigenvalue weighted by Crippen LogP contribution is -2.29. The molecule has 0 aromatic heterocycles. The molecule has 3 aromatic carbocycles. The van der Waals surface area contributed by atoms with Crippen LogP contribution in [0.25, 0.3) is 0 Å². The number of rotatable bonds is 4. The van der Waals surface area contributed by atoms with Crippen LogP contribution in [0, 0.1) is 22.9 Å². The molecule has 1 aliphatic carbocycles. The molecule has 0 radical (unpaired) electrons. The van der Waals surface area contributed by atoms with Crippen LogP contribution in [0.4, 0.5) is 52.7 Å². The topological polar surface area (TPSA) is 90.8 Å². The fraction of sp³-hybridized carbons (Fsp3) is 0.143. The van der Waals surface area contributed by atoms with Crippen molar-refractivity contribution in [3.05, 3.63) is 106 Å². The molecule has 0 N–H and O–H groups in total. The molecule has 0 atom stereocenters. The molecule has 18 heteroatoms. The number of nitriles is 2. The van der Waals surface area contributed by atoms with Crippen LogP contribution in [0.2, 0.25) is 0 Å². The van der Waals surface area contributed by atoms with Gasteiger partial charge in [0.05, 0.1) is 22.3 Å². The first kappa shape index (κ1) is 33.4. The monoisotopic (exact) mass is 662 g/mol. The summed E-state index contributed by atoms with van der Waals surface area (Å²) in [7, 11) is 0. The van der Waals surface area contributed by atoms with Gasteiger partial charge in [0.15, 0.2) is 11.5 Å². The Bertz CT molecular complexity index is 1670. The summed E-state index contributed by atoms with van der Waals surface area (Å²) >= 11 is 0. The summed E-state index contributed by atoms with van der Waals surface area (Å²) in [5.41, 5.74) is -9.21. The number of allylic oxidation sites excluding steroid dienone is 2. The molecule has 238 valence electrons. The molecule has 4 rings (SSSR count). The van der Waals surface area contributed by atoms with E-state index in [1.165, 1.54) is 36.7 Å². The lowest BCUT2D eigenvalue weighted by molar-refractivity contribution is -0.144. The summed E-state index contributed by atoms with van der Waals surface area (Å²) in [5, 5.41) is 18.7. The van der Waals surface area contributed by atoms with Crippen molar-refractivity contribution in [3.8, 4) is 23.9 Å². The molecule has 0 fully saturated rings. The number of ether oxygens (including phenoxy) is 2. The van der Waals surface area contributed by atoms with Crippen molar-refractivity contribution in [2.45, 2.75) is 24.7 Å². The lowest BCUT2D eigenvalue weighted by Gasteiger charge is -2.25. The summed E-state index contributed by atoms with van der Waals surface area (Å²) < 4.78 is 173. The quantitative estimate of drug-likeness (QED) is 0.207. The second-order valence-corrected chi connectivity index (χ2v) is 9.01. The Labute approximate surface area is 248 Å². The molecule has 0 spiro atoms. The van der Waals surface area contributed by atoms with E-state index in [0.717, 1.165) is 0 Å². The molecule has 46 heavy (non-hydrogen) atoms. The molecular weight excluding hydrogens is 652 g/mol. The molecule has 0 bridgehead atoms. The Morgan fingerprint density at radius 2 is 0.761 bits per heavy atom. The zero-order valence-corrected chi connectivity index (χ0v) is 21.9. The van der Waals surface area contributed by atoms with Crippen LogP contribution in [0.3, 0.4) is 0 Å². The maximum atomic E-state index is 13.5. The average molecular weight is 662 g/mol. The molecular formula is C28H10F12N4O2. The first-order valence-corrected chi connectivity index (χ1v) is 12.0. The van der Waals surface area contributed by atoms with E-state index in [0.29, 0.717) is 0 Å². The number of hydrogen-bond acceptors (Lipinski definition) is 6. The normalized spacial score (nSPS) is 15.8. The van der Waals surface area contributed by atoms with Crippen molar-refractivity contribution in [1.82, 2.24) is 0 Å². The Kier molecular flexibility index (Phi) is 8.54. The van der Waals surface area contributed by atoms with E-state index < -0.39 is 81.4 Å².